The average Bonchev–Trinajstić information content (AvgIpc) is 2.98. The van der Waals surface area contributed by atoms with Crippen LogP contribution in [0.1, 0.15) is 0 Å². The summed E-state index contributed by atoms with van der Waals surface area (Å²) in [5, 5.41) is 0. The summed E-state index contributed by atoms with van der Waals surface area (Å²) in [6.45, 7) is 0. The van der Waals surface area contributed by atoms with Crippen molar-refractivity contribution in [1.82, 2.24) is 19.9 Å². The number of benzene rings is 4. The Morgan fingerprint density at radius 1 is 0.395 bits per heavy atom. The lowest BCUT2D eigenvalue weighted by atomic mass is 9.97. The van der Waals surface area contributed by atoms with Crippen LogP contribution in [0.15, 0.2) is 72.8 Å². The molecule has 8 nitrogen and oxygen atoms in total. The number of nitrogens with zero attached hydrogens (tertiary/aromatic N) is 4. The summed E-state index contributed by atoms with van der Waals surface area (Å²) in [7, 11) is 6.50. The van der Waals surface area contributed by atoms with Crippen molar-refractivity contribution in [3.8, 4) is 45.3 Å². The van der Waals surface area contributed by atoms with E-state index in [9.17, 15) is 0 Å². The number of hydrogen-bond acceptors (Lipinski definition) is 8. The molecule has 2 heterocycles. The molecule has 0 amide bonds. The first kappa shape index (κ1) is 23.4. The van der Waals surface area contributed by atoms with Gasteiger partial charge in [-0.15, -0.1) is 0 Å². The van der Waals surface area contributed by atoms with E-state index in [1.54, 1.807) is 40.6 Å². The molecule has 188 valence electrons. The maximum Gasteiger partial charge on any atom is 0.199 e. The van der Waals surface area contributed by atoms with Crippen molar-refractivity contribution in [1.29, 1.82) is 0 Å². The summed E-state index contributed by atoms with van der Waals surface area (Å²) >= 11 is 0. The Balaban J connectivity index is 1.68. The van der Waals surface area contributed by atoms with E-state index in [-0.39, 0.29) is 0 Å². The van der Waals surface area contributed by atoms with Crippen LogP contribution in [0, 0.1) is 0 Å². The maximum absolute atomic E-state index is 5.55. The topological polar surface area (TPSA) is 88.5 Å². The first-order chi connectivity index (χ1) is 18.6. The predicted octanol–water partition coefficient (Wildman–Crippen LogP) is 6.09. The summed E-state index contributed by atoms with van der Waals surface area (Å²) in [5.74, 6) is 2.73. The van der Waals surface area contributed by atoms with Crippen molar-refractivity contribution in [2.24, 2.45) is 0 Å². The van der Waals surface area contributed by atoms with Gasteiger partial charge in [0.05, 0.1) is 39.5 Å². The highest BCUT2D eigenvalue weighted by molar-refractivity contribution is 6.03. The first-order valence-electron chi connectivity index (χ1n) is 12.0. The van der Waals surface area contributed by atoms with E-state index in [1.807, 2.05) is 48.5 Å². The molecule has 0 aliphatic heterocycles. The van der Waals surface area contributed by atoms with E-state index in [0.29, 0.717) is 44.9 Å². The molecule has 0 radical (unpaired) electrons. The largest absolute Gasteiger partial charge is 0.497 e. The summed E-state index contributed by atoms with van der Waals surface area (Å²) < 4.78 is 21.8. The standard InChI is InChI=1S/C30H24N4O4/c1-35-19-9-5-17(6-10-19)21-13-14-22(18-7-11-20(36-2)12-8-18)26-25(21)31-29-30(32-26)34-28-24(38-4)16-15-23(37-3)27(28)33-29/h5-16H,1-4H3. The second-order valence-electron chi connectivity index (χ2n) is 8.58. The van der Waals surface area contributed by atoms with Crippen molar-refractivity contribution >= 4 is 33.4 Å². The highest BCUT2D eigenvalue weighted by Gasteiger charge is 2.18. The number of ether oxygens (including phenoxy) is 4. The SMILES string of the molecule is COc1ccc(-c2ccc(-c3ccc(OC)cc3)c3nc4nc5c(OC)ccc(OC)c5nc4nc23)cc1. The van der Waals surface area contributed by atoms with E-state index in [0.717, 1.165) is 33.8 Å². The van der Waals surface area contributed by atoms with Gasteiger partial charge in [-0.05, 0) is 47.5 Å². The van der Waals surface area contributed by atoms with Crippen molar-refractivity contribution in [2.45, 2.75) is 0 Å². The van der Waals surface area contributed by atoms with E-state index >= 15 is 0 Å². The molecule has 38 heavy (non-hydrogen) atoms. The maximum atomic E-state index is 5.55. The molecule has 0 saturated carbocycles. The second kappa shape index (κ2) is 9.48. The number of hydrogen-bond donors (Lipinski definition) is 0. The molecule has 0 fully saturated rings. The van der Waals surface area contributed by atoms with Crippen LogP contribution in [0.3, 0.4) is 0 Å². The quantitative estimate of drug-likeness (QED) is 0.252. The van der Waals surface area contributed by atoms with Gasteiger partial charge in [0.25, 0.3) is 0 Å². The highest BCUT2D eigenvalue weighted by Crippen LogP contribution is 2.37. The fourth-order valence-corrected chi connectivity index (χ4v) is 4.57. The van der Waals surface area contributed by atoms with Gasteiger partial charge in [-0.3, -0.25) is 0 Å². The lowest BCUT2D eigenvalue weighted by Crippen LogP contribution is -2.00. The van der Waals surface area contributed by atoms with Crippen LogP contribution in [0.5, 0.6) is 23.0 Å². The monoisotopic (exact) mass is 504 g/mol. The molecule has 0 bridgehead atoms. The zero-order valence-electron chi connectivity index (χ0n) is 21.4. The zero-order valence-corrected chi connectivity index (χ0v) is 21.4. The smallest absolute Gasteiger partial charge is 0.199 e. The van der Waals surface area contributed by atoms with Gasteiger partial charge < -0.3 is 18.9 Å². The molecule has 0 aliphatic rings. The molecule has 0 N–H and O–H groups in total. The fourth-order valence-electron chi connectivity index (χ4n) is 4.57. The number of methoxy groups -OCH3 is 4. The summed E-state index contributed by atoms with van der Waals surface area (Å²) in [6, 6.07) is 23.5. The number of aromatic nitrogens is 4. The fraction of sp³-hybridized carbons (Fsp3) is 0.133. The zero-order chi connectivity index (χ0) is 26.2. The van der Waals surface area contributed by atoms with Crippen molar-refractivity contribution in [2.75, 3.05) is 28.4 Å². The van der Waals surface area contributed by atoms with Gasteiger partial charge in [0, 0.05) is 11.1 Å². The van der Waals surface area contributed by atoms with E-state index in [2.05, 4.69) is 12.1 Å². The number of fused-ring (bicyclic) bond motifs is 3. The van der Waals surface area contributed by atoms with Gasteiger partial charge in [0.1, 0.15) is 34.0 Å². The van der Waals surface area contributed by atoms with E-state index in [1.165, 1.54) is 0 Å². The van der Waals surface area contributed by atoms with Gasteiger partial charge >= 0.3 is 0 Å². The van der Waals surface area contributed by atoms with E-state index < -0.39 is 0 Å². The molecule has 8 heteroatoms. The van der Waals surface area contributed by atoms with Crippen molar-refractivity contribution < 1.29 is 18.9 Å². The normalized spacial score (nSPS) is 11.2. The van der Waals surface area contributed by atoms with Crippen LogP contribution < -0.4 is 18.9 Å². The van der Waals surface area contributed by atoms with E-state index in [4.69, 9.17) is 38.9 Å². The predicted molar refractivity (Wildman–Crippen MR) is 147 cm³/mol. The Kier molecular flexibility index (Phi) is 5.84. The summed E-state index contributed by atoms with van der Waals surface area (Å²) in [6.07, 6.45) is 0. The van der Waals surface area contributed by atoms with Crippen LogP contribution in [0.25, 0.3) is 55.6 Å². The minimum atomic E-state index is 0.415. The third-order valence-electron chi connectivity index (χ3n) is 6.54. The number of rotatable bonds is 6. The van der Waals surface area contributed by atoms with Gasteiger partial charge in [0.15, 0.2) is 11.3 Å². The van der Waals surface area contributed by atoms with Crippen molar-refractivity contribution in [3.63, 3.8) is 0 Å². The second-order valence-corrected chi connectivity index (χ2v) is 8.58. The van der Waals surface area contributed by atoms with Crippen LogP contribution in [-0.2, 0) is 0 Å². The minimum Gasteiger partial charge on any atom is -0.497 e. The third-order valence-corrected chi connectivity index (χ3v) is 6.54. The Labute approximate surface area is 218 Å². The molecule has 0 saturated heterocycles. The van der Waals surface area contributed by atoms with Gasteiger partial charge in [-0.1, -0.05) is 36.4 Å². The molecular weight excluding hydrogens is 480 g/mol. The Morgan fingerprint density at radius 3 is 1.11 bits per heavy atom. The molecule has 6 rings (SSSR count). The molecule has 0 unspecified atom stereocenters. The van der Waals surface area contributed by atoms with Gasteiger partial charge in [-0.25, -0.2) is 19.9 Å². The summed E-state index contributed by atoms with van der Waals surface area (Å²) in [5.41, 5.74) is 7.20. The Bertz CT molecular complexity index is 1670. The summed E-state index contributed by atoms with van der Waals surface area (Å²) in [4.78, 5) is 19.7. The average molecular weight is 505 g/mol. The minimum absolute atomic E-state index is 0.415. The highest BCUT2D eigenvalue weighted by atomic mass is 16.5. The van der Waals surface area contributed by atoms with Crippen LogP contribution in [-0.4, -0.2) is 48.4 Å². The van der Waals surface area contributed by atoms with Gasteiger partial charge in [-0.2, -0.15) is 0 Å². The molecule has 6 aromatic rings. The molecule has 4 aromatic carbocycles. The molecule has 2 aromatic heterocycles. The Hall–Kier alpha value is -4.98. The van der Waals surface area contributed by atoms with Crippen molar-refractivity contribution in [3.05, 3.63) is 72.8 Å². The first-order valence-corrected chi connectivity index (χ1v) is 12.0. The lowest BCUT2D eigenvalue weighted by molar-refractivity contribution is 0.409. The van der Waals surface area contributed by atoms with Crippen LogP contribution >= 0.6 is 0 Å². The van der Waals surface area contributed by atoms with Crippen LogP contribution in [0.4, 0.5) is 0 Å². The Morgan fingerprint density at radius 2 is 0.763 bits per heavy atom. The molecule has 0 aliphatic carbocycles. The molecule has 0 atom stereocenters. The molecule has 0 spiro atoms. The van der Waals surface area contributed by atoms with Gasteiger partial charge in [0.2, 0.25) is 0 Å². The lowest BCUT2D eigenvalue weighted by Gasteiger charge is -2.13. The third kappa shape index (κ3) is 3.87. The van der Waals surface area contributed by atoms with Crippen LogP contribution in [0.2, 0.25) is 0 Å². The molecular formula is C30H24N4O4.